The predicted molar refractivity (Wildman–Crippen MR) is 90.5 cm³/mol. The summed E-state index contributed by atoms with van der Waals surface area (Å²) >= 11 is 0.898. The second-order valence-corrected chi connectivity index (χ2v) is 6.75. The Kier molecular flexibility index (Phi) is 6.44. The maximum Gasteiger partial charge on any atom is 0.145 e. The maximum absolute atomic E-state index is 10.0. The molecule has 0 unspecified atom stereocenters. The molecule has 0 aromatic heterocycles. The van der Waals surface area contributed by atoms with E-state index in [1.54, 1.807) is 12.1 Å². The average Bonchev–Trinajstić information content (AvgIpc) is 2.59. The first-order chi connectivity index (χ1) is 11.4. The van der Waals surface area contributed by atoms with Crippen LogP contribution in [0.3, 0.4) is 0 Å². The minimum atomic E-state index is -1.47. The van der Waals surface area contributed by atoms with Crippen LogP contribution in [0.2, 0.25) is 0 Å². The standard InChI is InChI=1S/C15H22N2O6S/c1-17(2)9-5-3-8(4-6-9)14(16-22)24-15-13(21)12(20)11(19)10(7-18)23-15/h3-6,10-13,15,18-22H,7H2,1-2H3/b16-14-/t10-,11-,12+,13-,15+/m1/s1. The second-order valence-electron chi connectivity index (χ2n) is 5.66. The van der Waals surface area contributed by atoms with Crippen molar-refractivity contribution in [1.82, 2.24) is 0 Å². The maximum atomic E-state index is 10.0. The number of oxime groups is 1. The first-order valence-electron chi connectivity index (χ1n) is 7.36. The fourth-order valence-corrected chi connectivity index (χ4v) is 3.36. The second kappa shape index (κ2) is 8.15. The zero-order chi connectivity index (χ0) is 17.9. The van der Waals surface area contributed by atoms with Crippen LogP contribution in [0.5, 0.6) is 0 Å². The van der Waals surface area contributed by atoms with E-state index in [1.165, 1.54) is 0 Å². The zero-order valence-electron chi connectivity index (χ0n) is 13.4. The molecule has 0 amide bonds. The van der Waals surface area contributed by atoms with Crippen molar-refractivity contribution >= 4 is 22.5 Å². The number of benzene rings is 1. The third kappa shape index (κ3) is 4.00. The Balaban J connectivity index is 2.14. The number of anilines is 1. The summed E-state index contributed by atoms with van der Waals surface area (Å²) in [6.07, 6.45) is -5.29. The summed E-state index contributed by atoms with van der Waals surface area (Å²) < 4.78 is 5.40. The first-order valence-corrected chi connectivity index (χ1v) is 8.24. The Bertz CT molecular complexity index is 566. The average molecular weight is 358 g/mol. The molecule has 1 heterocycles. The smallest absolute Gasteiger partial charge is 0.145 e. The van der Waals surface area contributed by atoms with Crippen LogP contribution in [0.1, 0.15) is 5.56 Å². The SMILES string of the molecule is CN(C)c1ccc(/C(=N/O)S[C@@H]2O[C@H](CO)[C@@H](O)[C@H](O)[C@H]2O)cc1. The molecule has 1 fully saturated rings. The largest absolute Gasteiger partial charge is 0.410 e. The molecule has 1 aliphatic heterocycles. The zero-order valence-corrected chi connectivity index (χ0v) is 14.2. The highest BCUT2D eigenvalue weighted by Crippen LogP contribution is 2.31. The Morgan fingerprint density at radius 3 is 2.25 bits per heavy atom. The number of hydrogen-bond acceptors (Lipinski definition) is 9. The van der Waals surface area contributed by atoms with Gasteiger partial charge in [0.25, 0.3) is 0 Å². The first kappa shape index (κ1) is 19.0. The van der Waals surface area contributed by atoms with Crippen LogP contribution >= 0.6 is 11.8 Å². The summed E-state index contributed by atoms with van der Waals surface area (Å²) in [5.74, 6) is 0. The molecule has 0 bridgehead atoms. The molecule has 1 aromatic carbocycles. The molecule has 0 radical (unpaired) electrons. The minimum absolute atomic E-state index is 0.185. The van der Waals surface area contributed by atoms with Gasteiger partial charge in [-0.05, 0) is 12.1 Å². The van der Waals surface area contributed by atoms with E-state index < -0.39 is 36.5 Å². The number of aliphatic hydroxyl groups excluding tert-OH is 4. The third-order valence-corrected chi connectivity index (χ3v) is 4.96. The van der Waals surface area contributed by atoms with Crippen LogP contribution < -0.4 is 4.90 Å². The van der Waals surface area contributed by atoms with Crippen molar-refractivity contribution < 1.29 is 30.4 Å². The molecular weight excluding hydrogens is 336 g/mol. The normalized spacial score (nSPS) is 31.1. The van der Waals surface area contributed by atoms with Crippen LogP contribution in [0.15, 0.2) is 29.4 Å². The van der Waals surface area contributed by atoms with Crippen molar-refractivity contribution in [3.63, 3.8) is 0 Å². The van der Waals surface area contributed by atoms with Gasteiger partial charge in [0.1, 0.15) is 34.9 Å². The van der Waals surface area contributed by atoms with Crippen LogP contribution in [-0.2, 0) is 4.74 Å². The molecule has 134 valence electrons. The summed E-state index contributed by atoms with van der Waals surface area (Å²) in [6, 6.07) is 7.19. The van der Waals surface area contributed by atoms with Gasteiger partial charge in [-0.3, -0.25) is 0 Å². The van der Waals surface area contributed by atoms with E-state index >= 15 is 0 Å². The lowest BCUT2D eigenvalue weighted by molar-refractivity contribution is -0.205. The van der Waals surface area contributed by atoms with Gasteiger partial charge in [0.15, 0.2) is 0 Å². The Morgan fingerprint density at radius 2 is 1.75 bits per heavy atom. The summed E-state index contributed by atoms with van der Waals surface area (Å²) in [4.78, 5) is 1.92. The number of ether oxygens (including phenoxy) is 1. The fourth-order valence-electron chi connectivity index (χ4n) is 2.33. The van der Waals surface area contributed by atoms with E-state index in [-0.39, 0.29) is 5.04 Å². The van der Waals surface area contributed by atoms with Crippen molar-refractivity contribution in [1.29, 1.82) is 0 Å². The molecule has 2 rings (SSSR count). The van der Waals surface area contributed by atoms with Gasteiger partial charge in [0, 0.05) is 25.3 Å². The molecular formula is C15H22N2O6S. The monoisotopic (exact) mass is 358 g/mol. The molecule has 8 nitrogen and oxygen atoms in total. The molecule has 1 saturated heterocycles. The Labute approximate surface area is 144 Å². The number of hydrogen-bond donors (Lipinski definition) is 5. The molecule has 0 saturated carbocycles. The van der Waals surface area contributed by atoms with E-state index in [4.69, 9.17) is 4.74 Å². The summed E-state index contributed by atoms with van der Waals surface area (Å²) in [7, 11) is 3.80. The van der Waals surface area contributed by atoms with E-state index in [2.05, 4.69) is 5.16 Å². The van der Waals surface area contributed by atoms with Crippen molar-refractivity contribution in [2.45, 2.75) is 29.9 Å². The van der Waals surface area contributed by atoms with Gasteiger partial charge in [-0.15, -0.1) is 0 Å². The van der Waals surface area contributed by atoms with Crippen molar-refractivity contribution in [3.8, 4) is 0 Å². The highest BCUT2D eigenvalue weighted by atomic mass is 32.2. The molecule has 5 N–H and O–H groups in total. The van der Waals surface area contributed by atoms with E-state index in [0.717, 1.165) is 17.4 Å². The molecule has 1 aliphatic rings. The highest BCUT2D eigenvalue weighted by Gasteiger charge is 2.44. The Hall–Kier alpha value is -1.36. The Morgan fingerprint density at radius 1 is 1.12 bits per heavy atom. The summed E-state index contributed by atoms with van der Waals surface area (Å²) in [5.41, 5.74) is 0.568. The van der Waals surface area contributed by atoms with Crippen molar-refractivity contribution in [3.05, 3.63) is 29.8 Å². The van der Waals surface area contributed by atoms with E-state index in [0.29, 0.717) is 5.56 Å². The summed E-state index contributed by atoms with van der Waals surface area (Å²) in [5, 5.41) is 51.5. The molecule has 0 aliphatic carbocycles. The molecule has 24 heavy (non-hydrogen) atoms. The van der Waals surface area contributed by atoms with Gasteiger partial charge < -0.3 is 35.3 Å². The van der Waals surface area contributed by atoms with Crippen LogP contribution in [-0.4, -0.2) is 81.2 Å². The number of rotatable bonds is 4. The predicted octanol–water partition coefficient (Wildman–Crippen LogP) is -0.579. The van der Waals surface area contributed by atoms with E-state index in [1.807, 2.05) is 31.1 Å². The van der Waals surface area contributed by atoms with Gasteiger partial charge in [0.2, 0.25) is 0 Å². The number of nitrogens with zero attached hydrogens (tertiary/aromatic N) is 2. The van der Waals surface area contributed by atoms with Gasteiger partial charge in [-0.1, -0.05) is 29.1 Å². The lowest BCUT2D eigenvalue weighted by Gasteiger charge is -2.39. The summed E-state index contributed by atoms with van der Waals surface area (Å²) in [6.45, 7) is -0.509. The van der Waals surface area contributed by atoms with Crippen LogP contribution in [0.4, 0.5) is 5.69 Å². The van der Waals surface area contributed by atoms with Gasteiger partial charge in [-0.25, -0.2) is 0 Å². The van der Waals surface area contributed by atoms with Crippen molar-refractivity contribution in [2.24, 2.45) is 5.16 Å². The van der Waals surface area contributed by atoms with Crippen LogP contribution in [0.25, 0.3) is 0 Å². The third-order valence-electron chi connectivity index (χ3n) is 3.80. The quantitative estimate of drug-likeness (QED) is 0.209. The minimum Gasteiger partial charge on any atom is -0.410 e. The number of thioether (sulfide) groups is 1. The van der Waals surface area contributed by atoms with Gasteiger partial charge in [0.05, 0.1) is 6.61 Å². The molecule has 9 heteroatoms. The number of aliphatic hydroxyl groups is 4. The molecule has 5 atom stereocenters. The van der Waals surface area contributed by atoms with Crippen LogP contribution in [0, 0.1) is 0 Å². The van der Waals surface area contributed by atoms with Gasteiger partial charge >= 0.3 is 0 Å². The molecule has 0 spiro atoms. The lowest BCUT2D eigenvalue weighted by Crippen LogP contribution is -2.57. The molecule has 1 aromatic rings. The fraction of sp³-hybridized carbons (Fsp3) is 0.533. The topological polar surface area (TPSA) is 126 Å². The van der Waals surface area contributed by atoms with Gasteiger partial charge in [-0.2, -0.15) is 0 Å². The highest BCUT2D eigenvalue weighted by molar-refractivity contribution is 8.14. The lowest BCUT2D eigenvalue weighted by atomic mass is 10.0. The van der Waals surface area contributed by atoms with E-state index in [9.17, 15) is 25.6 Å². The van der Waals surface area contributed by atoms with Crippen molar-refractivity contribution in [2.75, 3.05) is 25.6 Å².